The molecule has 0 aliphatic rings. The van der Waals surface area contributed by atoms with Crippen molar-refractivity contribution in [1.82, 2.24) is 5.32 Å². The Morgan fingerprint density at radius 2 is 2.00 bits per heavy atom. The Bertz CT molecular complexity index is 586. The van der Waals surface area contributed by atoms with Gasteiger partial charge in [0.2, 0.25) is 0 Å². The molecule has 0 amide bonds. The van der Waals surface area contributed by atoms with Crippen LogP contribution in [0, 0.1) is 11.2 Å². The van der Waals surface area contributed by atoms with E-state index in [2.05, 4.69) is 10.1 Å². The first-order valence-electron chi connectivity index (χ1n) is 6.60. The lowest BCUT2D eigenvalue weighted by Gasteiger charge is -2.15. The molecule has 1 rings (SSSR count). The fraction of sp³-hybridized carbons (Fsp3) is 0.333. The molecule has 22 heavy (non-hydrogen) atoms. The summed E-state index contributed by atoms with van der Waals surface area (Å²) >= 11 is 0. The van der Waals surface area contributed by atoms with Gasteiger partial charge in [-0.1, -0.05) is 6.92 Å². The molecule has 1 aromatic rings. The number of allylic oxidation sites excluding steroid dienone is 1. The second-order valence-electron chi connectivity index (χ2n) is 4.42. The van der Waals surface area contributed by atoms with E-state index in [9.17, 15) is 18.0 Å². The summed E-state index contributed by atoms with van der Waals surface area (Å²) in [6.07, 6.45) is -1.73. The van der Waals surface area contributed by atoms with Crippen molar-refractivity contribution < 1.29 is 22.7 Å². The van der Waals surface area contributed by atoms with Gasteiger partial charge in [0.05, 0.1) is 23.9 Å². The molecule has 0 saturated heterocycles. The fourth-order valence-electron chi connectivity index (χ4n) is 1.83. The summed E-state index contributed by atoms with van der Waals surface area (Å²) in [7, 11) is 1.14. The van der Waals surface area contributed by atoms with Crippen LogP contribution in [0.15, 0.2) is 23.8 Å². The maximum absolute atomic E-state index is 13.7. The van der Waals surface area contributed by atoms with Crippen molar-refractivity contribution >= 4 is 17.9 Å². The first-order valence-corrected chi connectivity index (χ1v) is 6.60. The molecule has 0 aromatic heterocycles. The molecule has 0 unspecified atom stereocenters. The van der Waals surface area contributed by atoms with Crippen LogP contribution >= 0.6 is 0 Å². The zero-order chi connectivity index (χ0) is 16.7. The predicted molar refractivity (Wildman–Crippen MR) is 77.7 cm³/mol. The van der Waals surface area contributed by atoms with Crippen LogP contribution in [-0.2, 0) is 4.74 Å². The number of rotatable bonds is 7. The molecule has 0 radical (unpaired) electrons. The number of hydrogen-bond acceptors (Lipinski definition) is 4. The third-order valence-electron chi connectivity index (χ3n) is 2.84. The van der Waals surface area contributed by atoms with Crippen LogP contribution in [-0.4, -0.2) is 32.3 Å². The molecular formula is C15H17F3N2O2. The standard InChI is InChI=1S/C15H17F3N2O2/c1-3-4-20-13(12(8-19)14(17)18)9-5-10(15(21)22-2)7-11(16)6-9/h5-8,14,19-20H,3-4H2,1-2H3/b13-12+,19-8?. The predicted octanol–water partition coefficient (Wildman–Crippen LogP) is 3.24. The van der Waals surface area contributed by atoms with Crippen LogP contribution in [0.25, 0.3) is 5.70 Å². The molecular weight excluding hydrogens is 297 g/mol. The molecule has 0 spiro atoms. The van der Waals surface area contributed by atoms with E-state index in [4.69, 9.17) is 5.41 Å². The number of halogens is 3. The number of esters is 1. The van der Waals surface area contributed by atoms with E-state index in [1.54, 1.807) is 0 Å². The van der Waals surface area contributed by atoms with Crippen molar-refractivity contribution in [2.24, 2.45) is 0 Å². The molecule has 0 atom stereocenters. The van der Waals surface area contributed by atoms with Gasteiger partial charge in [0, 0.05) is 18.3 Å². The lowest BCUT2D eigenvalue weighted by molar-refractivity contribution is 0.0600. The smallest absolute Gasteiger partial charge is 0.337 e. The molecule has 0 heterocycles. The number of carbonyl (C=O) groups is 1. The maximum Gasteiger partial charge on any atom is 0.337 e. The van der Waals surface area contributed by atoms with Gasteiger partial charge in [0.25, 0.3) is 6.43 Å². The number of hydrogen-bond donors (Lipinski definition) is 2. The number of benzene rings is 1. The highest BCUT2D eigenvalue weighted by molar-refractivity contribution is 5.93. The Kier molecular flexibility index (Phi) is 6.62. The van der Waals surface area contributed by atoms with E-state index in [0.29, 0.717) is 19.2 Å². The van der Waals surface area contributed by atoms with E-state index in [-0.39, 0.29) is 16.8 Å². The normalized spacial score (nSPS) is 11.9. The van der Waals surface area contributed by atoms with E-state index < -0.39 is 23.8 Å². The van der Waals surface area contributed by atoms with Crippen LogP contribution in [0.5, 0.6) is 0 Å². The van der Waals surface area contributed by atoms with Crippen LogP contribution < -0.4 is 5.32 Å². The van der Waals surface area contributed by atoms with Crippen molar-refractivity contribution in [3.05, 3.63) is 40.7 Å². The van der Waals surface area contributed by atoms with Gasteiger partial charge in [-0.2, -0.15) is 0 Å². The summed E-state index contributed by atoms with van der Waals surface area (Å²) in [5.41, 5.74) is -0.675. The summed E-state index contributed by atoms with van der Waals surface area (Å²) in [4.78, 5) is 11.5. The topological polar surface area (TPSA) is 62.2 Å². The van der Waals surface area contributed by atoms with Crippen LogP contribution in [0.4, 0.5) is 13.2 Å². The van der Waals surface area contributed by atoms with Crippen LogP contribution in [0.3, 0.4) is 0 Å². The van der Waals surface area contributed by atoms with Gasteiger partial charge >= 0.3 is 5.97 Å². The first-order chi connectivity index (χ1) is 10.4. The molecule has 0 aliphatic heterocycles. The Labute approximate surface area is 126 Å². The highest BCUT2D eigenvalue weighted by Crippen LogP contribution is 2.22. The SMILES string of the molecule is CCCN/C(=C(\C=N)C(F)F)c1cc(F)cc(C(=O)OC)c1. The Morgan fingerprint density at radius 1 is 1.36 bits per heavy atom. The zero-order valence-electron chi connectivity index (χ0n) is 12.3. The van der Waals surface area contributed by atoms with Gasteiger partial charge in [-0.3, -0.25) is 0 Å². The zero-order valence-corrected chi connectivity index (χ0v) is 12.3. The van der Waals surface area contributed by atoms with Crippen molar-refractivity contribution in [2.45, 2.75) is 19.8 Å². The monoisotopic (exact) mass is 314 g/mol. The van der Waals surface area contributed by atoms with Crippen LogP contribution in [0.1, 0.15) is 29.3 Å². The average Bonchev–Trinajstić information content (AvgIpc) is 2.49. The summed E-state index contributed by atoms with van der Waals surface area (Å²) in [6.45, 7) is 2.20. The molecule has 0 bridgehead atoms. The summed E-state index contributed by atoms with van der Waals surface area (Å²) < 4.78 is 44.3. The molecule has 0 fully saturated rings. The summed E-state index contributed by atoms with van der Waals surface area (Å²) in [5.74, 6) is -1.53. The molecule has 120 valence electrons. The number of methoxy groups -OCH3 is 1. The molecule has 1 aromatic carbocycles. The first kappa shape index (κ1) is 17.7. The third-order valence-corrected chi connectivity index (χ3v) is 2.84. The van der Waals surface area contributed by atoms with E-state index in [1.165, 1.54) is 6.07 Å². The van der Waals surface area contributed by atoms with Crippen molar-refractivity contribution in [2.75, 3.05) is 13.7 Å². The molecule has 4 nitrogen and oxygen atoms in total. The number of carbonyl (C=O) groups excluding carboxylic acids is 1. The summed E-state index contributed by atoms with van der Waals surface area (Å²) in [5, 5.41) is 9.90. The van der Waals surface area contributed by atoms with Gasteiger partial charge in [0.15, 0.2) is 0 Å². The van der Waals surface area contributed by atoms with Crippen LogP contribution in [0.2, 0.25) is 0 Å². The quantitative estimate of drug-likeness (QED) is 0.600. The van der Waals surface area contributed by atoms with Crippen molar-refractivity contribution in [3.8, 4) is 0 Å². The largest absolute Gasteiger partial charge is 0.465 e. The highest BCUT2D eigenvalue weighted by atomic mass is 19.3. The molecule has 7 heteroatoms. The minimum Gasteiger partial charge on any atom is -0.465 e. The molecule has 0 saturated carbocycles. The Morgan fingerprint density at radius 3 is 2.50 bits per heavy atom. The van der Waals surface area contributed by atoms with E-state index in [0.717, 1.165) is 19.2 Å². The van der Waals surface area contributed by atoms with Gasteiger partial charge in [-0.25, -0.2) is 18.0 Å². The second kappa shape index (κ2) is 8.21. The minimum absolute atomic E-state index is 0.0626. The second-order valence-corrected chi connectivity index (χ2v) is 4.42. The van der Waals surface area contributed by atoms with Gasteiger partial charge < -0.3 is 15.5 Å². The highest BCUT2D eigenvalue weighted by Gasteiger charge is 2.18. The van der Waals surface area contributed by atoms with Crippen molar-refractivity contribution in [1.29, 1.82) is 5.41 Å². The number of nitrogens with one attached hydrogen (secondary N) is 2. The minimum atomic E-state index is -2.90. The van der Waals surface area contributed by atoms with Gasteiger partial charge in [0.1, 0.15) is 5.82 Å². The van der Waals surface area contributed by atoms with Gasteiger partial charge in [-0.15, -0.1) is 0 Å². The number of alkyl halides is 2. The third kappa shape index (κ3) is 4.34. The number of ether oxygens (including phenoxy) is 1. The summed E-state index contributed by atoms with van der Waals surface area (Å²) in [6, 6.07) is 3.23. The lowest BCUT2D eigenvalue weighted by atomic mass is 10.0. The average molecular weight is 314 g/mol. The van der Waals surface area contributed by atoms with Gasteiger partial charge in [-0.05, 0) is 24.6 Å². The van der Waals surface area contributed by atoms with E-state index >= 15 is 0 Å². The maximum atomic E-state index is 13.7. The molecule has 0 aliphatic carbocycles. The van der Waals surface area contributed by atoms with Crippen molar-refractivity contribution in [3.63, 3.8) is 0 Å². The Balaban J connectivity index is 3.45. The fourth-order valence-corrected chi connectivity index (χ4v) is 1.83. The Hall–Kier alpha value is -2.31. The molecule has 2 N–H and O–H groups in total. The lowest BCUT2D eigenvalue weighted by Crippen LogP contribution is -2.19. The van der Waals surface area contributed by atoms with E-state index in [1.807, 2.05) is 6.92 Å².